The van der Waals surface area contributed by atoms with E-state index in [-0.39, 0.29) is 5.78 Å². The Labute approximate surface area is 167 Å². The van der Waals surface area contributed by atoms with Crippen LogP contribution in [0.3, 0.4) is 0 Å². The Bertz CT molecular complexity index is 988. The summed E-state index contributed by atoms with van der Waals surface area (Å²) < 4.78 is 11.7. The van der Waals surface area contributed by atoms with Crippen molar-refractivity contribution in [3.63, 3.8) is 0 Å². The van der Waals surface area contributed by atoms with Gasteiger partial charge in [-0.3, -0.25) is 4.79 Å². The van der Waals surface area contributed by atoms with Gasteiger partial charge >= 0.3 is 0 Å². The predicted molar refractivity (Wildman–Crippen MR) is 110 cm³/mol. The first-order valence-electron chi connectivity index (χ1n) is 9.08. The first-order valence-corrected chi connectivity index (χ1v) is 9.96. The van der Waals surface area contributed by atoms with Crippen molar-refractivity contribution in [2.75, 3.05) is 0 Å². The van der Waals surface area contributed by atoms with Crippen LogP contribution in [0, 0.1) is 0 Å². The number of hydrogen-bond acceptors (Lipinski definition) is 5. The predicted octanol–water partition coefficient (Wildman–Crippen LogP) is 6.17. The van der Waals surface area contributed by atoms with Crippen molar-refractivity contribution >= 4 is 17.1 Å². The Morgan fingerprint density at radius 2 is 1.96 bits per heavy atom. The number of rotatable bonds is 7. The molecule has 0 aliphatic carbocycles. The molecule has 0 aliphatic rings. The monoisotopic (exact) mass is 389 g/mol. The third-order valence-corrected chi connectivity index (χ3v) is 5.26. The van der Waals surface area contributed by atoms with E-state index in [2.05, 4.69) is 4.98 Å². The summed E-state index contributed by atoms with van der Waals surface area (Å²) in [5.41, 5.74) is 2.46. The molecule has 3 heterocycles. The Kier molecular flexibility index (Phi) is 5.35. The van der Waals surface area contributed by atoms with Gasteiger partial charge in [-0.1, -0.05) is 43.3 Å². The van der Waals surface area contributed by atoms with E-state index in [9.17, 15) is 4.79 Å². The number of hydrogen-bond donors (Lipinski definition) is 0. The summed E-state index contributed by atoms with van der Waals surface area (Å²) in [4.78, 5) is 18.3. The summed E-state index contributed by atoms with van der Waals surface area (Å²) in [6.07, 6.45) is 1.32. The number of furan rings is 1. The highest BCUT2D eigenvalue weighted by atomic mass is 32.1. The smallest absolute Gasteiger partial charge is 0.215 e. The quantitative estimate of drug-likeness (QED) is 0.379. The van der Waals surface area contributed by atoms with Gasteiger partial charge in [-0.2, -0.15) is 0 Å². The average molecular weight is 389 g/mol. The molecule has 0 N–H and O–H groups in total. The molecule has 4 rings (SSSR count). The molecular weight excluding hydrogens is 370 g/mol. The van der Waals surface area contributed by atoms with Crippen LogP contribution in [0.1, 0.15) is 25.0 Å². The zero-order valence-electron chi connectivity index (χ0n) is 15.4. The van der Waals surface area contributed by atoms with Crippen LogP contribution in [0.4, 0.5) is 0 Å². The molecule has 0 amide bonds. The first kappa shape index (κ1) is 18.2. The lowest BCUT2D eigenvalue weighted by atomic mass is 10.0. The fraction of sp³-hybridized carbons (Fsp3) is 0.130. The fourth-order valence-electron chi connectivity index (χ4n) is 2.95. The summed E-state index contributed by atoms with van der Waals surface area (Å²) in [6.45, 7) is 1.84. The minimum atomic E-state index is -0.693. The summed E-state index contributed by atoms with van der Waals surface area (Å²) in [7, 11) is 0. The fourth-order valence-corrected chi connectivity index (χ4v) is 3.64. The molecule has 0 radical (unpaired) electrons. The number of pyridine rings is 1. The molecule has 0 aliphatic heterocycles. The molecule has 0 fully saturated rings. The molecule has 5 heteroatoms. The van der Waals surface area contributed by atoms with Crippen molar-refractivity contribution in [1.29, 1.82) is 0 Å². The summed E-state index contributed by atoms with van der Waals surface area (Å²) in [5.74, 6) is 1.13. The Morgan fingerprint density at radius 3 is 2.64 bits per heavy atom. The number of ketones is 1. The minimum Gasteiger partial charge on any atom is -0.464 e. The van der Waals surface area contributed by atoms with Gasteiger partial charge in [0.1, 0.15) is 5.76 Å². The Hall–Kier alpha value is -3.18. The molecule has 4 aromatic rings. The lowest BCUT2D eigenvalue weighted by Crippen LogP contribution is -2.18. The largest absolute Gasteiger partial charge is 0.464 e. The number of thiophene rings is 1. The van der Waals surface area contributed by atoms with Crippen LogP contribution in [0.15, 0.2) is 82.8 Å². The lowest BCUT2D eigenvalue weighted by molar-refractivity contribution is -0.125. The summed E-state index contributed by atoms with van der Waals surface area (Å²) in [6, 6.07) is 21.0. The van der Waals surface area contributed by atoms with Crippen molar-refractivity contribution < 1.29 is 13.9 Å². The molecule has 0 bridgehead atoms. The second-order valence-electron chi connectivity index (χ2n) is 6.26. The lowest BCUT2D eigenvalue weighted by Gasteiger charge is -2.18. The van der Waals surface area contributed by atoms with Crippen LogP contribution in [0.2, 0.25) is 0 Å². The zero-order chi connectivity index (χ0) is 19.3. The van der Waals surface area contributed by atoms with Crippen LogP contribution < -0.4 is 4.74 Å². The maximum Gasteiger partial charge on any atom is 0.215 e. The van der Waals surface area contributed by atoms with Crippen molar-refractivity contribution in [3.05, 3.63) is 83.9 Å². The van der Waals surface area contributed by atoms with Crippen LogP contribution in [0.5, 0.6) is 5.88 Å². The molecule has 0 saturated heterocycles. The maximum atomic E-state index is 12.6. The van der Waals surface area contributed by atoms with Crippen molar-refractivity contribution in [1.82, 2.24) is 4.98 Å². The van der Waals surface area contributed by atoms with E-state index in [4.69, 9.17) is 9.15 Å². The summed E-state index contributed by atoms with van der Waals surface area (Å²) >= 11 is 1.60. The van der Waals surface area contributed by atoms with Gasteiger partial charge in [-0.15, -0.1) is 11.3 Å². The van der Waals surface area contributed by atoms with Crippen molar-refractivity contribution in [3.8, 4) is 27.8 Å². The van der Waals surface area contributed by atoms with Gasteiger partial charge < -0.3 is 9.15 Å². The van der Waals surface area contributed by atoms with E-state index in [0.29, 0.717) is 12.3 Å². The van der Waals surface area contributed by atoms with E-state index in [1.54, 1.807) is 17.6 Å². The van der Waals surface area contributed by atoms with E-state index in [1.807, 2.05) is 79.0 Å². The molecule has 1 unspecified atom stereocenters. The highest BCUT2D eigenvalue weighted by Crippen LogP contribution is 2.33. The van der Waals surface area contributed by atoms with Crippen LogP contribution in [-0.4, -0.2) is 10.8 Å². The van der Waals surface area contributed by atoms with Gasteiger partial charge in [0.15, 0.2) is 11.9 Å². The standard InChI is InChI=1S/C23H19NO3S/c1-2-19(25)23(16-8-4-3-5-9-16)27-22-15-17(20-10-6-12-26-20)14-18(24-22)21-11-7-13-28-21/h3-15,23H,2H2,1H3. The number of benzene rings is 1. The molecule has 4 nitrogen and oxygen atoms in total. The van der Waals surface area contributed by atoms with Crippen LogP contribution in [0.25, 0.3) is 21.9 Å². The Morgan fingerprint density at radius 1 is 1.11 bits per heavy atom. The first-order chi connectivity index (χ1) is 13.7. The van der Waals surface area contributed by atoms with Gasteiger partial charge in [0.25, 0.3) is 0 Å². The number of nitrogens with zero attached hydrogens (tertiary/aromatic N) is 1. The third-order valence-electron chi connectivity index (χ3n) is 4.36. The minimum absolute atomic E-state index is 0.00840. The van der Waals surface area contributed by atoms with E-state index < -0.39 is 6.10 Å². The molecule has 1 aromatic carbocycles. The average Bonchev–Trinajstić information content (AvgIpc) is 3.46. The van der Waals surface area contributed by atoms with Gasteiger partial charge in [0.2, 0.25) is 5.88 Å². The van der Waals surface area contributed by atoms with Gasteiger partial charge in [0.05, 0.1) is 16.8 Å². The highest BCUT2D eigenvalue weighted by Gasteiger charge is 2.22. The topological polar surface area (TPSA) is 52.3 Å². The second-order valence-corrected chi connectivity index (χ2v) is 7.21. The third kappa shape index (κ3) is 3.89. The summed E-state index contributed by atoms with van der Waals surface area (Å²) in [5, 5.41) is 2.00. The van der Waals surface area contributed by atoms with Gasteiger partial charge in [-0.05, 0) is 35.2 Å². The molecule has 0 saturated carbocycles. The second kappa shape index (κ2) is 8.23. The van der Waals surface area contributed by atoms with Gasteiger partial charge in [-0.25, -0.2) is 4.98 Å². The van der Waals surface area contributed by atoms with Crippen molar-refractivity contribution in [2.45, 2.75) is 19.4 Å². The number of Topliss-reactive ketones (excluding diaryl/α,β-unsaturated/α-hetero) is 1. The maximum absolute atomic E-state index is 12.6. The SMILES string of the molecule is CCC(=O)C(Oc1cc(-c2ccco2)cc(-c2cccs2)n1)c1ccccc1. The molecule has 140 valence electrons. The molecule has 3 aromatic heterocycles. The van der Waals surface area contributed by atoms with E-state index in [1.165, 1.54) is 0 Å². The Balaban J connectivity index is 1.76. The number of carbonyl (C=O) groups excluding carboxylic acids is 1. The number of ether oxygens (including phenoxy) is 1. The van der Waals surface area contributed by atoms with Crippen LogP contribution in [-0.2, 0) is 4.79 Å². The molecule has 1 atom stereocenters. The number of aromatic nitrogens is 1. The number of carbonyl (C=O) groups is 1. The van der Waals surface area contributed by atoms with Gasteiger partial charge in [0, 0.05) is 18.1 Å². The van der Waals surface area contributed by atoms with E-state index in [0.717, 1.165) is 27.5 Å². The van der Waals surface area contributed by atoms with E-state index >= 15 is 0 Å². The molecule has 28 heavy (non-hydrogen) atoms. The highest BCUT2D eigenvalue weighted by molar-refractivity contribution is 7.13. The zero-order valence-corrected chi connectivity index (χ0v) is 16.2. The van der Waals surface area contributed by atoms with Crippen molar-refractivity contribution in [2.24, 2.45) is 0 Å². The molecule has 0 spiro atoms. The normalized spacial score (nSPS) is 11.9. The van der Waals surface area contributed by atoms with Crippen LogP contribution >= 0.6 is 11.3 Å². The molecular formula is C23H19NO3S.